The van der Waals surface area contributed by atoms with E-state index in [1.165, 1.54) is 13.2 Å². The van der Waals surface area contributed by atoms with Crippen molar-refractivity contribution in [2.24, 2.45) is 29.6 Å². The number of ether oxygens (including phenoxy) is 5. The Hall–Kier alpha value is -2.62. The molecule has 3 aliphatic heterocycles. The number of esters is 1. The Morgan fingerprint density at radius 2 is 1.63 bits per heavy atom. The third-order valence-electron chi connectivity index (χ3n) is 16.6. The number of rotatable bonds is 13. The first kappa shape index (κ1) is 56.7. The van der Waals surface area contributed by atoms with Crippen LogP contribution in [-0.2, 0) is 44.7 Å². The molecule has 6 rings (SSSR count). The number of aliphatic hydroxyl groups excluding tert-OH is 2. The van der Waals surface area contributed by atoms with Crippen molar-refractivity contribution in [3.05, 3.63) is 41.7 Å². The summed E-state index contributed by atoms with van der Waals surface area (Å²) in [6, 6.07) is 6.78. The molecule has 18 heteroatoms. The van der Waals surface area contributed by atoms with Gasteiger partial charge in [0.15, 0.2) is 16.1 Å². The first-order valence-corrected chi connectivity index (χ1v) is 27.6. The standard InChI is InChI=1S/C52H87N5O12S/c1-15-43-52(10,62)46(58)34(6)56(12)27-30(2)25-50(8,61)48(32(4)45(33(5)49(60)68-43)42-26-51(9,65-13)47(59)35(7)67-42)69-44-23-36(22-31(3)66-44)28-55(11)21-20-38-29-57(54-53-38)41-24-40(41)37-16-18-39(19-17-37)70(14,63)64/h16-19,29-36,40-48,58-59,61-62H,15,20-28H2,1-14H3/t30-,31-,32+,33?,34-,35+,36+,40?,41-,42?,43-,44+,45+,46-,47+,48-,50-,51-,52-/m1/s1. The number of nitrogens with zero attached hydrogens (tertiary/aromatic N) is 5. The number of aromatic nitrogens is 3. The van der Waals surface area contributed by atoms with Crippen molar-refractivity contribution in [2.75, 3.05) is 47.1 Å². The van der Waals surface area contributed by atoms with Gasteiger partial charge in [-0.25, -0.2) is 13.1 Å². The van der Waals surface area contributed by atoms with Gasteiger partial charge in [-0.05, 0) is 117 Å². The number of aliphatic hydroxyl groups is 4. The van der Waals surface area contributed by atoms with Gasteiger partial charge < -0.3 is 53.9 Å². The zero-order valence-electron chi connectivity index (χ0n) is 44.4. The summed E-state index contributed by atoms with van der Waals surface area (Å²) >= 11 is 0. The van der Waals surface area contributed by atoms with Gasteiger partial charge >= 0.3 is 5.97 Å². The summed E-state index contributed by atoms with van der Waals surface area (Å²) in [4.78, 5) is 19.2. The van der Waals surface area contributed by atoms with Gasteiger partial charge in [-0.2, -0.15) is 0 Å². The summed E-state index contributed by atoms with van der Waals surface area (Å²) in [5.74, 6) is -2.25. The molecule has 0 bridgehead atoms. The molecule has 398 valence electrons. The average molecular weight is 1010 g/mol. The van der Waals surface area contributed by atoms with E-state index >= 15 is 0 Å². The number of hydrogen-bond donors (Lipinski definition) is 4. The number of benzene rings is 1. The minimum absolute atomic E-state index is 0.0994. The lowest BCUT2D eigenvalue weighted by Gasteiger charge is -2.51. The second kappa shape index (κ2) is 22.5. The van der Waals surface area contributed by atoms with Gasteiger partial charge in [-0.1, -0.05) is 45.0 Å². The molecule has 4 aliphatic rings. The quantitative estimate of drug-likeness (QED) is 0.199. The summed E-state index contributed by atoms with van der Waals surface area (Å²) in [6.07, 6.45) is 0.858. The maximum Gasteiger partial charge on any atom is 0.309 e. The normalized spacial score (nSPS) is 42.0. The van der Waals surface area contributed by atoms with Crippen molar-refractivity contribution in [1.82, 2.24) is 24.8 Å². The Morgan fingerprint density at radius 3 is 2.26 bits per heavy atom. The van der Waals surface area contributed by atoms with Gasteiger partial charge in [0.05, 0.1) is 58.2 Å². The van der Waals surface area contributed by atoms with Crippen molar-refractivity contribution in [2.45, 2.75) is 203 Å². The van der Waals surface area contributed by atoms with Crippen molar-refractivity contribution in [3.63, 3.8) is 0 Å². The minimum atomic E-state index is -3.25. The summed E-state index contributed by atoms with van der Waals surface area (Å²) in [5, 5.41) is 56.7. The third-order valence-corrected chi connectivity index (χ3v) is 17.7. The lowest BCUT2D eigenvalue weighted by Crippen LogP contribution is -2.61. The molecule has 0 spiro atoms. The van der Waals surface area contributed by atoms with Gasteiger partial charge in [-0.15, -0.1) is 5.10 Å². The lowest BCUT2D eigenvalue weighted by molar-refractivity contribution is -0.275. The summed E-state index contributed by atoms with van der Waals surface area (Å²) < 4.78 is 58.3. The summed E-state index contributed by atoms with van der Waals surface area (Å²) in [6.45, 7) is 20.5. The molecule has 19 atom stereocenters. The summed E-state index contributed by atoms with van der Waals surface area (Å²) in [7, 11) is 2.29. The predicted molar refractivity (Wildman–Crippen MR) is 265 cm³/mol. The zero-order chi connectivity index (χ0) is 51.8. The van der Waals surface area contributed by atoms with Gasteiger partial charge in [0.1, 0.15) is 23.9 Å². The Kier molecular flexibility index (Phi) is 18.2. The van der Waals surface area contributed by atoms with Gasteiger partial charge in [0, 0.05) is 76.3 Å². The molecule has 1 aliphatic carbocycles. The fourth-order valence-electron chi connectivity index (χ4n) is 12.3. The number of likely N-dealkylation sites (N-methyl/N-ethyl adjacent to an activating group) is 2. The van der Waals surface area contributed by atoms with Gasteiger partial charge in [-0.3, -0.25) is 4.79 Å². The molecule has 2 aromatic rings. The van der Waals surface area contributed by atoms with Crippen LogP contribution in [0.25, 0.3) is 0 Å². The molecule has 4 heterocycles. The minimum Gasteiger partial charge on any atom is -0.459 e. The number of cyclic esters (lactones) is 1. The highest BCUT2D eigenvalue weighted by Gasteiger charge is 2.54. The number of hydrogen-bond acceptors (Lipinski definition) is 16. The van der Waals surface area contributed by atoms with Gasteiger partial charge in [0.2, 0.25) is 0 Å². The molecule has 3 saturated heterocycles. The average Bonchev–Trinajstić information content (AvgIpc) is 3.94. The molecule has 70 heavy (non-hydrogen) atoms. The van der Waals surface area contributed by atoms with Crippen LogP contribution in [-0.4, -0.2) is 179 Å². The number of methoxy groups -OCH3 is 1. The van der Waals surface area contributed by atoms with Crippen molar-refractivity contribution in [3.8, 4) is 0 Å². The van der Waals surface area contributed by atoms with E-state index in [1.54, 1.807) is 40.0 Å². The van der Waals surface area contributed by atoms with Crippen LogP contribution in [0.5, 0.6) is 0 Å². The second-order valence-corrected chi connectivity index (χ2v) is 24.9. The monoisotopic (exact) mass is 1010 g/mol. The maximum atomic E-state index is 14.6. The molecular formula is C52H87N5O12S. The van der Waals surface area contributed by atoms with Crippen LogP contribution in [0.15, 0.2) is 35.4 Å². The van der Waals surface area contributed by atoms with Crippen molar-refractivity contribution in [1.29, 1.82) is 0 Å². The van der Waals surface area contributed by atoms with E-state index in [0.717, 1.165) is 37.2 Å². The third kappa shape index (κ3) is 13.0. The smallest absolute Gasteiger partial charge is 0.309 e. The molecule has 17 nitrogen and oxygen atoms in total. The molecule has 1 aromatic heterocycles. The maximum absolute atomic E-state index is 14.6. The second-order valence-electron chi connectivity index (χ2n) is 22.8. The van der Waals surface area contributed by atoms with Crippen LogP contribution in [0.4, 0.5) is 0 Å². The number of carbonyl (C=O) groups is 1. The van der Waals surface area contributed by atoms with Crippen LogP contribution in [0.1, 0.15) is 131 Å². The van der Waals surface area contributed by atoms with E-state index in [2.05, 4.69) is 29.2 Å². The van der Waals surface area contributed by atoms with Crippen LogP contribution in [0.2, 0.25) is 0 Å². The Morgan fingerprint density at radius 1 is 0.957 bits per heavy atom. The first-order chi connectivity index (χ1) is 32.6. The van der Waals surface area contributed by atoms with Crippen LogP contribution in [0, 0.1) is 29.6 Å². The molecule has 4 fully saturated rings. The molecule has 0 radical (unpaired) electrons. The molecule has 1 saturated carbocycles. The van der Waals surface area contributed by atoms with Crippen LogP contribution in [0.3, 0.4) is 0 Å². The largest absolute Gasteiger partial charge is 0.459 e. The van der Waals surface area contributed by atoms with E-state index in [4.69, 9.17) is 23.7 Å². The topological polar surface area (TPSA) is 215 Å². The SMILES string of the molecule is CC[C@H]1OC(=O)C(C)[C@@H](C2C[C@@](C)(OC)[C@@H](O)[C@H](C)O2)[C@H](C)[C@@H](O[C@H]2C[C@@H](CN(C)CCc3cn([C@@H]4CC4c4ccc(S(C)(=O)=O)cc4)nn3)C[C@@H](C)O2)[C@](C)(O)C[C@@H](C)CN(C)[C@H](C)[C@@H](O)[C@]1(C)O. The zero-order valence-corrected chi connectivity index (χ0v) is 45.2. The van der Waals surface area contributed by atoms with Crippen LogP contribution >= 0.6 is 0 Å². The molecule has 4 N–H and O–H groups in total. The Balaban J connectivity index is 1.21. The fraction of sp³-hybridized carbons (Fsp3) is 0.827. The van der Waals surface area contributed by atoms with Crippen molar-refractivity contribution >= 4 is 15.8 Å². The molecule has 1 aromatic carbocycles. The number of carbonyl (C=O) groups excluding carboxylic acids is 1. The number of sulfone groups is 1. The highest BCUT2D eigenvalue weighted by atomic mass is 32.2. The molecular weight excluding hydrogens is 919 g/mol. The molecule has 3 unspecified atom stereocenters. The highest BCUT2D eigenvalue weighted by molar-refractivity contribution is 7.90. The predicted octanol–water partition coefficient (Wildman–Crippen LogP) is 4.79. The Labute approximate surface area is 417 Å². The van der Waals surface area contributed by atoms with E-state index in [-0.39, 0.29) is 42.7 Å². The van der Waals surface area contributed by atoms with Gasteiger partial charge in [0.25, 0.3) is 0 Å². The van der Waals surface area contributed by atoms with E-state index < -0.39 is 99.3 Å². The van der Waals surface area contributed by atoms with E-state index in [9.17, 15) is 33.6 Å². The van der Waals surface area contributed by atoms with Crippen molar-refractivity contribution < 1.29 is 57.3 Å². The van der Waals surface area contributed by atoms with Crippen LogP contribution < -0.4 is 0 Å². The fourth-order valence-corrected chi connectivity index (χ4v) is 12.9. The highest BCUT2D eigenvalue weighted by Crippen LogP contribution is 2.51. The Bertz CT molecular complexity index is 2140. The first-order valence-electron chi connectivity index (χ1n) is 25.7. The molecule has 0 amide bonds. The summed E-state index contributed by atoms with van der Waals surface area (Å²) in [5.41, 5.74) is -2.25. The lowest BCUT2D eigenvalue weighted by atomic mass is 9.68. The van der Waals surface area contributed by atoms with E-state index in [0.29, 0.717) is 30.7 Å². The van der Waals surface area contributed by atoms with E-state index in [1.807, 2.05) is 69.6 Å².